The lowest BCUT2D eigenvalue weighted by Crippen LogP contribution is -2.10. The molecule has 0 aliphatic heterocycles. The molecule has 72 valence electrons. The first-order valence-corrected chi connectivity index (χ1v) is 4.90. The first kappa shape index (κ1) is 10.5. The summed E-state index contributed by atoms with van der Waals surface area (Å²) in [6, 6.07) is 3.69. The van der Waals surface area contributed by atoms with Crippen molar-refractivity contribution in [2.24, 2.45) is 0 Å². The third kappa shape index (κ3) is 2.21. The Morgan fingerprint density at radius 3 is 2.93 bits per heavy atom. The molecule has 14 heavy (non-hydrogen) atoms. The van der Waals surface area contributed by atoms with Gasteiger partial charge in [0.25, 0.3) is 0 Å². The number of hydrogen-bond acceptors (Lipinski definition) is 4. The Morgan fingerprint density at radius 1 is 1.64 bits per heavy atom. The molecule has 0 aliphatic rings. The zero-order chi connectivity index (χ0) is 10.6. The van der Waals surface area contributed by atoms with Crippen molar-refractivity contribution in [3.05, 3.63) is 28.5 Å². The summed E-state index contributed by atoms with van der Waals surface area (Å²) >= 11 is 1.38. The highest BCUT2D eigenvalue weighted by atomic mass is 32.1. The topological polar surface area (TPSA) is 44.1 Å². The summed E-state index contributed by atoms with van der Waals surface area (Å²) in [4.78, 5) is 14.1. The molecule has 0 radical (unpaired) electrons. The van der Waals surface area contributed by atoms with E-state index in [2.05, 4.69) is 0 Å². The van der Waals surface area contributed by atoms with Crippen LogP contribution in [-0.4, -0.2) is 19.9 Å². The van der Waals surface area contributed by atoms with Crippen LogP contribution in [0.3, 0.4) is 0 Å². The van der Waals surface area contributed by atoms with Gasteiger partial charge in [0.2, 0.25) is 0 Å². The fraction of sp³-hybridized carbons (Fsp3) is 0.200. The molecule has 0 saturated heterocycles. The van der Waals surface area contributed by atoms with Crippen LogP contribution in [0.1, 0.15) is 9.67 Å². The molecule has 0 saturated carbocycles. The average Bonchev–Trinajstić information content (AvgIpc) is 2.62. The van der Waals surface area contributed by atoms with E-state index in [4.69, 9.17) is 5.26 Å². The largest absolute Gasteiger partial charge is 0.376 e. The average molecular weight is 206 g/mol. The Morgan fingerprint density at radius 2 is 2.36 bits per heavy atom. The Labute approximate surface area is 86.9 Å². The van der Waals surface area contributed by atoms with Gasteiger partial charge in [-0.2, -0.15) is 5.26 Å². The second-order valence-electron chi connectivity index (χ2n) is 2.86. The summed E-state index contributed by atoms with van der Waals surface area (Å²) in [7, 11) is 3.76. The van der Waals surface area contributed by atoms with E-state index in [-0.39, 0.29) is 5.78 Å². The van der Waals surface area contributed by atoms with Crippen molar-refractivity contribution < 1.29 is 4.79 Å². The molecule has 0 aliphatic carbocycles. The van der Waals surface area contributed by atoms with Gasteiger partial charge in [0.1, 0.15) is 0 Å². The van der Waals surface area contributed by atoms with Crippen molar-refractivity contribution in [1.29, 1.82) is 5.26 Å². The van der Waals surface area contributed by atoms with Crippen LogP contribution in [-0.2, 0) is 0 Å². The Balaban J connectivity index is 2.97. The minimum atomic E-state index is -0.120. The van der Waals surface area contributed by atoms with E-state index in [0.717, 1.165) is 5.69 Å². The number of rotatable bonds is 3. The predicted molar refractivity (Wildman–Crippen MR) is 57.7 cm³/mol. The van der Waals surface area contributed by atoms with E-state index in [9.17, 15) is 4.79 Å². The highest BCUT2D eigenvalue weighted by molar-refractivity contribution is 7.12. The molecule has 1 aromatic heterocycles. The van der Waals surface area contributed by atoms with Gasteiger partial charge in [-0.3, -0.25) is 4.79 Å². The molecule has 1 aromatic rings. The van der Waals surface area contributed by atoms with Gasteiger partial charge >= 0.3 is 0 Å². The van der Waals surface area contributed by atoms with Gasteiger partial charge in [0.15, 0.2) is 5.78 Å². The SMILES string of the molecule is CN(C)c1ccsc1C(=O)C=CC#N. The van der Waals surface area contributed by atoms with Crippen LogP contribution in [0.15, 0.2) is 23.6 Å². The van der Waals surface area contributed by atoms with Crippen LogP contribution in [0.5, 0.6) is 0 Å². The lowest BCUT2D eigenvalue weighted by atomic mass is 10.2. The maximum absolute atomic E-state index is 11.5. The first-order valence-electron chi connectivity index (χ1n) is 4.02. The number of nitrogens with zero attached hydrogens (tertiary/aromatic N) is 2. The minimum Gasteiger partial charge on any atom is -0.376 e. The summed E-state index contributed by atoms with van der Waals surface area (Å²) in [5.74, 6) is -0.120. The maximum atomic E-state index is 11.5. The fourth-order valence-corrected chi connectivity index (χ4v) is 1.92. The number of allylic oxidation sites excluding steroid dienone is 2. The van der Waals surface area contributed by atoms with E-state index in [0.29, 0.717) is 4.88 Å². The maximum Gasteiger partial charge on any atom is 0.198 e. The number of hydrogen-bond donors (Lipinski definition) is 0. The van der Waals surface area contributed by atoms with Gasteiger partial charge in [-0.05, 0) is 17.5 Å². The Kier molecular flexibility index (Phi) is 3.43. The highest BCUT2D eigenvalue weighted by Gasteiger charge is 2.11. The second-order valence-corrected chi connectivity index (χ2v) is 3.77. The quantitative estimate of drug-likeness (QED) is 0.432. The summed E-state index contributed by atoms with van der Waals surface area (Å²) in [6.45, 7) is 0. The normalized spacial score (nSPS) is 10.1. The first-order chi connectivity index (χ1) is 6.66. The van der Waals surface area contributed by atoms with Gasteiger partial charge < -0.3 is 4.90 Å². The minimum absolute atomic E-state index is 0.120. The Bertz CT molecular complexity index is 398. The number of thiophene rings is 1. The third-order valence-corrected chi connectivity index (χ3v) is 2.58. The number of ketones is 1. The molecule has 4 heteroatoms. The summed E-state index contributed by atoms with van der Waals surface area (Å²) < 4.78 is 0. The van der Waals surface area contributed by atoms with Gasteiger partial charge in [-0.15, -0.1) is 11.3 Å². The van der Waals surface area contributed by atoms with E-state index in [1.807, 2.05) is 30.4 Å². The molecule has 0 aromatic carbocycles. The van der Waals surface area contributed by atoms with Crippen molar-refractivity contribution in [2.75, 3.05) is 19.0 Å². The summed E-state index contributed by atoms with van der Waals surface area (Å²) in [6.07, 6.45) is 2.49. The molecule has 0 spiro atoms. The standard InChI is InChI=1S/C10H10N2OS/c1-12(2)8-5-7-14-10(8)9(13)4-3-6-11/h3-5,7H,1-2H3. The number of nitriles is 1. The van der Waals surface area contributed by atoms with Gasteiger partial charge in [0, 0.05) is 20.2 Å². The number of anilines is 1. The van der Waals surface area contributed by atoms with Crippen molar-refractivity contribution in [1.82, 2.24) is 0 Å². The van der Waals surface area contributed by atoms with Crippen molar-refractivity contribution in [3.63, 3.8) is 0 Å². The van der Waals surface area contributed by atoms with E-state index >= 15 is 0 Å². The van der Waals surface area contributed by atoms with Crippen LogP contribution in [0.25, 0.3) is 0 Å². The molecule has 3 nitrogen and oxygen atoms in total. The fourth-order valence-electron chi connectivity index (χ4n) is 1.03. The van der Waals surface area contributed by atoms with Crippen molar-refractivity contribution in [3.8, 4) is 6.07 Å². The molecule has 0 bridgehead atoms. The van der Waals surface area contributed by atoms with E-state index in [1.165, 1.54) is 23.5 Å². The van der Waals surface area contributed by atoms with Gasteiger partial charge in [-0.25, -0.2) is 0 Å². The highest BCUT2D eigenvalue weighted by Crippen LogP contribution is 2.25. The Hall–Kier alpha value is -1.60. The molecule has 0 unspecified atom stereocenters. The van der Waals surface area contributed by atoms with Gasteiger partial charge in [0.05, 0.1) is 16.6 Å². The lowest BCUT2D eigenvalue weighted by molar-refractivity contribution is 0.105. The molecule has 1 rings (SSSR count). The predicted octanol–water partition coefficient (Wildman–Crippen LogP) is 2.08. The van der Waals surface area contributed by atoms with E-state index in [1.54, 1.807) is 6.07 Å². The van der Waals surface area contributed by atoms with Crippen LogP contribution < -0.4 is 4.90 Å². The van der Waals surface area contributed by atoms with Crippen LogP contribution in [0.4, 0.5) is 5.69 Å². The zero-order valence-electron chi connectivity index (χ0n) is 8.02. The smallest absolute Gasteiger partial charge is 0.198 e. The summed E-state index contributed by atoms with van der Waals surface area (Å²) in [5, 5.41) is 10.2. The van der Waals surface area contributed by atoms with Gasteiger partial charge in [-0.1, -0.05) is 0 Å². The number of carbonyl (C=O) groups is 1. The van der Waals surface area contributed by atoms with E-state index < -0.39 is 0 Å². The molecule has 0 atom stereocenters. The monoisotopic (exact) mass is 206 g/mol. The number of carbonyl (C=O) groups excluding carboxylic acids is 1. The molecule has 0 N–H and O–H groups in total. The molecule has 1 heterocycles. The molecule has 0 fully saturated rings. The summed E-state index contributed by atoms with van der Waals surface area (Å²) in [5.41, 5.74) is 0.891. The zero-order valence-corrected chi connectivity index (χ0v) is 8.84. The molecular formula is C10H10N2OS. The molecule has 0 amide bonds. The third-order valence-electron chi connectivity index (χ3n) is 1.66. The van der Waals surface area contributed by atoms with Crippen molar-refractivity contribution >= 4 is 22.8 Å². The van der Waals surface area contributed by atoms with Crippen LogP contribution >= 0.6 is 11.3 Å². The van der Waals surface area contributed by atoms with Crippen molar-refractivity contribution in [2.45, 2.75) is 0 Å². The molecular weight excluding hydrogens is 196 g/mol. The second kappa shape index (κ2) is 4.58. The van der Waals surface area contributed by atoms with Crippen LogP contribution in [0.2, 0.25) is 0 Å². The lowest BCUT2D eigenvalue weighted by Gasteiger charge is -2.11. The van der Waals surface area contributed by atoms with Crippen LogP contribution in [0, 0.1) is 11.3 Å².